The highest BCUT2D eigenvalue weighted by atomic mass is 15.2. The Bertz CT molecular complexity index is 1300. The van der Waals surface area contributed by atoms with Gasteiger partial charge in [-0.1, -0.05) is 24.3 Å². The van der Waals surface area contributed by atoms with E-state index in [1.54, 1.807) is 0 Å². The quantitative estimate of drug-likeness (QED) is 0.0889. The third-order valence-corrected chi connectivity index (χ3v) is 7.73. The van der Waals surface area contributed by atoms with Gasteiger partial charge in [-0.15, -0.1) is 26.3 Å². The number of aromatic nitrogens is 8. The van der Waals surface area contributed by atoms with Crippen LogP contribution in [0.4, 0.5) is 0 Å². The minimum absolute atomic E-state index is 0.623. The molecule has 0 atom stereocenters. The summed E-state index contributed by atoms with van der Waals surface area (Å²) >= 11 is 0. The van der Waals surface area contributed by atoms with Gasteiger partial charge in [0.15, 0.2) is 0 Å². The van der Waals surface area contributed by atoms with E-state index in [1.807, 2.05) is 73.9 Å². The highest BCUT2D eigenvalue weighted by Crippen LogP contribution is 2.12. The molecule has 250 valence electrons. The molecule has 0 fully saturated rings. The number of nitrogens with zero attached hydrogens (tertiary/aromatic N) is 10. The van der Waals surface area contributed by atoms with Crippen LogP contribution in [0.2, 0.25) is 0 Å². The second-order valence-corrected chi connectivity index (χ2v) is 11.7. The van der Waals surface area contributed by atoms with Crippen LogP contribution in [0, 0.1) is 0 Å². The molecule has 0 N–H and O–H groups in total. The van der Waals surface area contributed by atoms with Crippen molar-refractivity contribution in [3.63, 3.8) is 0 Å². The maximum atomic E-state index is 4.74. The molecular weight excluding hydrogens is 596 g/mol. The van der Waals surface area contributed by atoms with Gasteiger partial charge in [0.05, 0.1) is 70.3 Å². The van der Waals surface area contributed by atoms with E-state index < -0.39 is 0 Å². The Labute approximate surface area is 285 Å². The van der Waals surface area contributed by atoms with Crippen molar-refractivity contribution in [2.24, 2.45) is 0 Å². The van der Waals surface area contributed by atoms with E-state index >= 15 is 0 Å². The fourth-order valence-electron chi connectivity index (χ4n) is 5.00. The first-order chi connectivity index (χ1) is 23.6. The van der Waals surface area contributed by atoms with E-state index in [1.165, 1.54) is 0 Å². The van der Waals surface area contributed by atoms with Crippen LogP contribution in [0.5, 0.6) is 0 Å². The van der Waals surface area contributed by atoms with Crippen LogP contribution in [-0.4, -0.2) is 62.8 Å². The Balaban J connectivity index is 1.51. The molecule has 0 aliphatic heterocycles. The van der Waals surface area contributed by atoms with E-state index in [0.717, 1.165) is 110 Å². The highest BCUT2D eigenvalue weighted by molar-refractivity contribution is 5.08. The van der Waals surface area contributed by atoms with Gasteiger partial charge in [-0.3, -0.25) is 49.7 Å². The molecule has 0 aliphatic rings. The maximum absolute atomic E-state index is 4.74. The summed E-state index contributed by atoms with van der Waals surface area (Å²) in [6.07, 6.45) is 29.4. The second kappa shape index (κ2) is 20.4. The standard InChI is InChI=1S/C38H48N10/c1-5-9-13-31-19-43-35(23-39-31)27-47(28-36-24-40-32(20-44-36)14-10-6-2)17-18-48(29-37-25-41-33(21-45-37)15-11-7-3)30-38-26-42-34(22-46-38)16-12-8-4/h5-8,19-26H,1-4,9-18,27-30H2. The van der Waals surface area contributed by atoms with Gasteiger partial charge >= 0.3 is 0 Å². The second-order valence-electron chi connectivity index (χ2n) is 11.7. The van der Waals surface area contributed by atoms with Crippen molar-refractivity contribution in [3.05, 3.63) is 146 Å². The van der Waals surface area contributed by atoms with Gasteiger partial charge in [0.25, 0.3) is 0 Å². The molecule has 4 heterocycles. The van der Waals surface area contributed by atoms with Crippen molar-refractivity contribution in [2.75, 3.05) is 13.1 Å². The molecule has 4 aromatic heterocycles. The molecule has 0 aliphatic carbocycles. The number of aryl methyl sites for hydroxylation is 4. The lowest BCUT2D eigenvalue weighted by Gasteiger charge is -2.27. The lowest BCUT2D eigenvalue weighted by molar-refractivity contribution is 0.177. The van der Waals surface area contributed by atoms with Crippen LogP contribution in [0.1, 0.15) is 71.2 Å². The van der Waals surface area contributed by atoms with Gasteiger partial charge in [-0.25, -0.2) is 0 Å². The normalized spacial score (nSPS) is 11.1. The Hall–Kier alpha value is -4.80. The molecule has 10 heteroatoms. The van der Waals surface area contributed by atoms with Crippen LogP contribution < -0.4 is 0 Å². The Morgan fingerprint density at radius 2 is 0.562 bits per heavy atom. The largest absolute Gasteiger partial charge is 0.290 e. The zero-order valence-electron chi connectivity index (χ0n) is 28.1. The summed E-state index contributed by atoms with van der Waals surface area (Å²) in [5.41, 5.74) is 7.47. The average Bonchev–Trinajstić information content (AvgIpc) is 3.12. The molecule has 0 unspecified atom stereocenters. The van der Waals surface area contributed by atoms with Gasteiger partial charge in [-0.05, 0) is 51.4 Å². The smallest absolute Gasteiger partial charge is 0.0727 e. The third kappa shape index (κ3) is 12.8. The van der Waals surface area contributed by atoms with Gasteiger partial charge < -0.3 is 0 Å². The molecule has 4 aromatic rings. The summed E-state index contributed by atoms with van der Waals surface area (Å²) in [7, 11) is 0. The minimum Gasteiger partial charge on any atom is -0.290 e. The molecule has 0 saturated heterocycles. The predicted molar refractivity (Wildman–Crippen MR) is 190 cm³/mol. The van der Waals surface area contributed by atoms with Gasteiger partial charge in [-0.2, -0.15) is 0 Å². The molecule has 0 amide bonds. The topological polar surface area (TPSA) is 110 Å². The van der Waals surface area contributed by atoms with Crippen LogP contribution in [0.25, 0.3) is 0 Å². The van der Waals surface area contributed by atoms with Crippen molar-refractivity contribution in [1.29, 1.82) is 0 Å². The van der Waals surface area contributed by atoms with Crippen molar-refractivity contribution in [1.82, 2.24) is 49.7 Å². The van der Waals surface area contributed by atoms with Gasteiger partial charge in [0, 0.05) is 64.1 Å². The summed E-state index contributed by atoms with van der Waals surface area (Å²) in [6, 6.07) is 0. The van der Waals surface area contributed by atoms with Crippen molar-refractivity contribution >= 4 is 0 Å². The summed E-state index contributed by atoms with van der Waals surface area (Å²) in [6.45, 7) is 19.2. The molecule has 0 bridgehead atoms. The summed E-state index contributed by atoms with van der Waals surface area (Å²) < 4.78 is 0. The van der Waals surface area contributed by atoms with E-state index in [-0.39, 0.29) is 0 Å². The first-order valence-corrected chi connectivity index (χ1v) is 16.7. The van der Waals surface area contributed by atoms with E-state index in [4.69, 9.17) is 19.9 Å². The number of hydrogen-bond acceptors (Lipinski definition) is 10. The molecule has 4 rings (SSSR count). The monoisotopic (exact) mass is 644 g/mol. The average molecular weight is 645 g/mol. The Morgan fingerprint density at radius 3 is 0.750 bits per heavy atom. The zero-order valence-corrected chi connectivity index (χ0v) is 28.1. The first kappa shape index (κ1) is 36.0. The fourth-order valence-corrected chi connectivity index (χ4v) is 5.00. The maximum Gasteiger partial charge on any atom is 0.0727 e. The van der Waals surface area contributed by atoms with Crippen LogP contribution in [0.3, 0.4) is 0 Å². The van der Waals surface area contributed by atoms with Crippen LogP contribution >= 0.6 is 0 Å². The lowest BCUT2D eigenvalue weighted by Crippen LogP contribution is -2.35. The van der Waals surface area contributed by atoms with Crippen LogP contribution in [0.15, 0.2) is 100 Å². The lowest BCUT2D eigenvalue weighted by atomic mass is 10.2. The third-order valence-electron chi connectivity index (χ3n) is 7.73. The number of hydrogen-bond donors (Lipinski definition) is 0. The van der Waals surface area contributed by atoms with E-state index in [9.17, 15) is 0 Å². The summed E-state index contributed by atoms with van der Waals surface area (Å²) in [5.74, 6) is 0. The summed E-state index contributed by atoms with van der Waals surface area (Å²) in [5, 5.41) is 0. The first-order valence-electron chi connectivity index (χ1n) is 16.7. The molecule has 0 spiro atoms. The predicted octanol–water partition coefficient (Wildman–Crippen LogP) is 6.03. The molecule has 0 aromatic carbocycles. The summed E-state index contributed by atoms with van der Waals surface area (Å²) in [4.78, 5) is 42.2. The van der Waals surface area contributed by atoms with E-state index in [2.05, 4.69) is 56.1 Å². The van der Waals surface area contributed by atoms with Gasteiger partial charge in [0.2, 0.25) is 0 Å². The number of allylic oxidation sites excluding steroid dienone is 4. The van der Waals surface area contributed by atoms with Crippen molar-refractivity contribution < 1.29 is 0 Å². The Kier molecular flexibility index (Phi) is 15.3. The van der Waals surface area contributed by atoms with E-state index in [0.29, 0.717) is 26.2 Å². The molecule has 10 nitrogen and oxygen atoms in total. The minimum atomic E-state index is 0.623. The van der Waals surface area contributed by atoms with Crippen LogP contribution in [-0.2, 0) is 51.9 Å². The zero-order chi connectivity index (χ0) is 33.8. The molecule has 48 heavy (non-hydrogen) atoms. The fraction of sp³-hybridized carbons (Fsp3) is 0.368. The van der Waals surface area contributed by atoms with Gasteiger partial charge in [0.1, 0.15) is 0 Å². The number of rotatable bonds is 23. The molecule has 0 saturated carbocycles. The molecular formula is C38H48N10. The SMILES string of the molecule is C=CCCc1cnc(CN(CCN(Cc2cnc(CCC=C)cn2)Cc2cnc(CCC=C)cn2)Cc2cnc(CCC=C)cn2)cn1. The highest BCUT2D eigenvalue weighted by Gasteiger charge is 2.16. The van der Waals surface area contributed by atoms with Crippen molar-refractivity contribution in [2.45, 2.75) is 77.5 Å². The van der Waals surface area contributed by atoms with Crippen molar-refractivity contribution in [3.8, 4) is 0 Å². The molecule has 0 radical (unpaired) electrons. The Morgan fingerprint density at radius 1 is 0.354 bits per heavy atom.